The van der Waals surface area contributed by atoms with E-state index in [0.717, 1.165) is 12.3 Å². The van der Waals surface area contributed by atoms with Gasteiger partial charge in [0.15, 0.2) is 0 Å². The molecule has 1 aromatic rings. The average Bonchev–Trinajstić information content (AvgIpc) is 2.19. The number of halogens is 1. The summed E-state index contributed by atoms with van der Waals surface area (Å²) < 4.78 is 0. The summed E-state index contributed by atoms with van der Waals surface area (Å²) in [4.78, 5) is 4.95. The first-order valence-electron chi connectivity index (χ1n) is 5.24. The number of alkyl halides is 1. The summed E-state index contributed by atoms with van der Waals surface area (Å²) in [6, 6.07) is 6.11. The molecule has 2 heteroatoms. The van der Waals surface area contributed by atoms with Gasteiger partial charge in [-0.3, -0.25) is 4.98 Å². The first kappa shape index (κ1) is 11.7. The topological polar surface area (TPSA) is 12.9 Å². The molecule has 0 amide bonds. The largest absolute Gasteiger partial charge is 0.261 e. The molecule has 1 atom stereocenters. The van der Waals surface area contributed by atoms with E-state index in [9.17, 15) is 0 Å². The van der Waals surface area contributed by atoms with Crippen molar-refractivity contribution in [2.24, 2.45) is 5.92 Å². The maximum absolute atomic E-state index is 4.31. The van der Waals surface area contributed by atoms with Crippen molar-refractivity contribution in [1.29, 1.82) is 0 Å². The molecule has 78 valence electrons. The minimum absolute atomic E-state index is 0.645. The van der Waals surface area contributed by atoms with Crippen LogP contribution in [0.1, 0.15) is 32.4 Å². The molecule has 0 aromatic carbocycles. The molecule has 0 bridgehead atoms. The molecular formula is C12H18BrN. The van der Waals surface area contributed by atoms with Gasteiger partial charge in [0.1, 0.15) is 0 Å². The van der Waals surface area contributed by atoms with Crippen LogP contribution in [0.25, 0.3) is 0 Å². The lowest BCUT2D eigenvalue weighted by atomic mass is 10.0. The minimum atomic E-state index is 0.645. The Bertz CT molecular complexity index is 246. The predicted molar refractivity (Wildman–Crippen MR) is 64.7 cm³/mol. The second-order valence-electron chi connectivity index (χ2n) is 3.97. The van der Waals surface area contributed by atoms with Gasteiger partial charge in [-0.25, -0.2) is 0 Å². The van der Waals surface area contributed by atoms with Crippen LogP contribution in [0.15, 0.2) is 24.4 Å². The van der Waals surface area contributed by atoms with E-state index in [1.54, 1.807) is 0 Å². The summed E-state index contributed by atoms with van der Waals surface area (Å²) in [5.74, 6) is 0.721. The number of aromatic nitrogens is 1. The number of pyridine rings is 1. The van der Waals surface area contributed by atoms with Crippen molar-refractivity contribution in [3.8, 4) is 0 Å². The van der Waals surface area contributed by atoms with E-state index in [-0.39, 0.29) is 0 Å². The van der Waals surface area contributed by atoms with Gasteiger partial charge in [0, 0.05) is 16.7 Å². The third kappa shape index (κ3) is 4.23. The summed E-state index contributed by atoms with van der Waals surface area (Å²) in [7, 11) is 0. The van der Waals surface area contributed by atoms with Crippen molar-refractivity contribution in [1.82, 2.24) is 4.98 Å². The molecule has 0 saturated carbocycles. The van der Waals surface area contributed by atoms with Gasteiger partial charge in [0.2, 0.25) is 0 Å². The Hall–Kier alpha value is -0.370. The Morgan fingerprint density at radius 2 is 2.14 bits per heavy atom. The molecule has 1 heterocycles. The highest BCUT2D eigenvalue weighted by molar-refractivity contribution is 9.09. The van der Waals surface area contributed by atoms with Gasteiger partial charge in [-0.15, -0.1) is 0 Å². The van der Waals surface area contributed by atoms with E-state index >= 15 is 0 Å². The fourth-order valence-electron chi connectivity index (χ4n) is 1.36. The molecular weight excluding hydrogens is 238 g/mol. The van der Waals surface area contributed by atoms with E-state index in [1.165, 1.54) is 18.5 Å². The van der Waals surface area contributed by atoms with Crippen LogP contribution in [0.2, 0.25) is 0 Å². The average molecular weight is 256 g/mol. The SMILES string of the molecule is CC(C)C(Br)CCCc1ccccn1. The van der Waals surface area contributed by atoms with Crippen LogP contribution in [0.4, 0.5) is 0 Å². The van der Waals surface area contributed by atoms with Crippen LogP contribution >= 0.6 is 15.9 Å². The summed E-state index contributed by atoms with van der Waals surface area (Å²) in [6.07, 6.45) is 5.40. The van der Waals surface area contributed by atoms with Gasteiger partial charge < -0.3 is 0 Å². The Kier molecular flexibility index (Phi) is 5.16. The van der Waals surface area contributed by atoms with E-state index < -0.39 is 0 Å². The molecule has 0 N–H and O–H groups in total. The molecule has 0 fully saturated rings. The second-order valence-corrected chi connectivity index (χ2v) is 5.15. The Balaban J connectivity index is 2.22. The zero-order chi connectivity index (χ0) is 10.4. The fraction of sp³-hybridized carbons (Fsp3) is 0.583. The van der Waals surface area contributed by atoms with Gasteiger partial charge in [-0.2, -0.15) is 0 Å². The Morgan fingerprint density at radius 1 is 1.36 bits per heavy atom. The lowest BCUT2D eigenvalue weighted by molar-refractivity contribution is 0.561. The molecule has 0 radical (unpaired) electrons. The quantitative estimate of drug-likeness (QED) is 0.730. The molecule has 0 spiro atoms. The van der Waals surface area contributed by atoms with Crippen LogP contribution in [-0.2, 0) is 6.42 Å². The standard InChI is InChI=1S/C12H18BrN/c1-10(2)12(13)8-5-7-11-6-3-4-9-14-11/h3-4,6,9-10,12H,5,7-8H2,1-2H3. The predicted octanol–water partition coefficient (Wildman–Crippen LogP) is 3.82. The lowest BCUT2D eigenvalue weighted by Crippen LogP contribution is -2.07. The summed E-state index contributed by atoms with van der Waals surface area (Å²) in [6.45, 7) is 4.50. The minimum Gasteiger partial charge on any atom is -0.261 e. The van der Waals surface area contributed by atoms with Crippen molar-refractivity contribution in [3.63, 3.8) is 0 Å². The first-order valence-corrected chi connectivity index (χ1v) is 6.15. The number of hydrogen-bond donors (Lipinski definition) is 0. The van der Waals surface area contributed by atoms with Crippen LogP contribution in [0.3, 0.4) is 0 Å². The van der Waals surface area contributed by atoms with E-state index in [1.807, 2.05) is 12.3 Å². The van der Waals surface area contributed by atoms with Crippen LogP contribution in [0.5, 0.6) is 0 Å². The summed E-state index contributed by atoms with van der Waals surface area (Å²) >= 11 is 3.70. The normalized spacial score (nSPS) is 13.1. The Morgan fingerprint density at radius 3 is 2.71 bits per heavy atom. The first-order chi connectivity index (χ1) is 6.70. The van der Waals surface area contributed by atoms with Gasteiger partial charge >= 0.3 is 0 Å². The van der Waals surface area contributed by atoms with Crippen LogP contribution < -0.4 is 0 Å². The molecule has 0 saturated heterocycles. The molecule has 1 nitrogen and oxygen atoms in total. The van der Waals surface area contributed by atoms with E-state index in [0.29, 0.717) is 4.83 Å². The van der Waals surface area contributed by atoms with Gasteiger partial charge in [-0.05, 0) is 37.3 Å². The van der Waals surface area contributed by atoms with Crippen molar-refractivity contribution in [2.75, 3.05) is 0 Å². The van der Waals surface area contributed by atoms with E-state index in [2.05, 4.69) is 46.9 Å². The second kappa shape index (κ2) is 6.18. The monoisotopic (exact) mass is 255 g/mol. The van der Waals surface area contributed by atoms with Gasteiger partial charge in [0.25, 0.3) is 0 Å². The highest BCUT2D eigenvalue weighted by Crippen LogP contribution is 2.18. The summed E-state index contributed by atoms with van der Waals surface area (Å²) in [5.41, 5.74) is 1.20. The molecule has 1 unspecified atom stereocenters. The highest BCUT2D eigenvalue weighted by Gasteiger charge is 2.08. The van der Waals surface area contributed by atoms with Gasteiger partial charge in [-0.1, -0.05) is 35.8 Å². The molecule has 0 aliphatic rings. The maximum Gasteiger partial charge on any atom is 0.0403 e. The van der Waals surface area contributed by atoms with Gasteiger partial charge in [0.05, 0.1) is 0 Å². The van der Waals surface area contributed by atoms with E-state index in [4.69, 9.17) is 0 Å². The van der Waals surface area contributed by atoms with Crippen LogP contribution in [-0.4, -0.2) is 9.81 Å². The lowest BCUT2D eigenvalue weighted by Gasteiger charge is -2.12. The van der Waals surface area contributed by atoms with Crippen molar-refractivity contribution >= 4 is 15.9 Å². The molecule has 0 aliphatic heterocycles. The number of nitrogens with zero attached hydrogens (tertiary/aromatic N) is 1. The third-order valence-corrected chi connectivity index (χ3v) is 3.88. The third-order valence-electron chi connectivity index (χ3n) is 2.36. The zero-order valence-electron chi connectivity index (χ0n) is 8.91. The molecule has 0 aliphatic carbocycles. The highest BCUT2D eigenvalue weighted by atomic mass is 79.9. The smallest absolute Gasteiger partial charge is 0.0403 e. The maximum atomic E-state index is 4.31. The zero-order valence-corrected chi connectivity index (χ0v) is 10.5. The Labute approximate surface area is 95.1 Å². The van der Waals surface area contributed by atoms with Crippen LogP contribution in [0, 0.1) is 5.92 Å². The number of hydrogen-bond acceptors (Lipinski definition) is 1. The number of rotatable bonds is 5. The molecule has 14 heavy (non-hydrogen) atoms. The molecule has 1 aromatic heterocycles. The number of aryl methyl sites for hydroxylation is 1. The fourth-order valence-corrected chi connectivity index (χ4v) is 1.68. The molecule has 1 rings (SSSR count). The van der Waals surface area contributed by atoms with Crippen molar-refractivity contribution < 1.29 is 0 Å². The van der Waals surface area contributed by atoms with Crippen molar-refractivity contribution in [3.05, 3.63) is 30.1 Å². The summed E-state index contributed by atoms with van der Waals surface area (Å²) in [5, 5.41) is 0. The van der Waals surface area contributed by atoms with Crippen molar-refractivity contribution in [2.45, 2.75) is 37.9 Å².